The largest absolute Gasteiger partial charge is 0.317 e. The van der Waals surface area contributed by atoms with Crippen molar-refractivity contribution in [3.05, 3.63) is 22.4 Å². The van der Waals surface area contributed by atoms with Crippen molar-refractivity contribution in [2.45, 2.75) is 76.5 Å². The number of hydrogen-bond donors (Lipinski definition) is 1. The molecule has 4 heteroatoms. The molecular formula is C17H26N2OS. The summed E-state index contributed by atoms with van der Waals surface area (Å²) in [6.07, 6.45) is 7.72. The number of amides is 1. The van der Waals surface area contributed by atoms with Crippen LogP contribution in [-0.2, 0) is 4.79 Å². The predicted molar refractivity (Wildman–Crippen MR) is 87.2 cm³/mol. The number of carbonyl (C=O) groups excluding carboxylic acids is 1. The predicted octanol–water partition coefficient (Wildman–Crippen LogP) is 4.07. The Balaban J connectivity index is 1.94. The first-order valence-corrected chi connectivity index (χ1v) is 9.23. The van der Waals surface area contributed by atoms with Gasteiger partial charge in [0.2, 0.25) is 5.91 Å². The van der Waals surface area contributed by atoms with Gasteiger partial charge in [-0.1, -0.05) is 39.2 Å². The van der Waals surface area contributed by atoms with E-state index in [0.29, 0.717) is 11.9 Å². The number of hydrogen-bond acceptors (Lipinski definition) is 3. The molecule has 3 nitrogen and oxygen atoms in total. The molecular weight excluding hydrogens is 280 g/mol. The van der Waals surface area contributed by atoms with Crippen LogP contribution in [0.5, 0.6) is 0 Å². The fourth-order valence-corrected chi connectivity index (χ4v) is 4.77. The summed E-state index contributed by atoms with van der Waals surface area (Å²) in [7, 11) is 0. The third-order valence-electron chi connectivity index (χ3n) is 5.09. The fraction of sp³-hybridized carbons (Fsp3) is 0.706. The second-order valence-electron chi connectivity index (χ2n) is 6.41. The van der Waals surface area contributed by atoms with Gasteiger partial charge in [0.05, 0.1) is 5.54 Å². The molecule has 0 radical (unpaired) electrons. The van der Waals surface area contributed by atoms with Gasteiger partial charge < -0.3 is 4.90 Å². The molecule has 1 aliphatic carbocycles. The van der Waals surface area contributed by atoms with Crippen molar-refractivity contribution in [1.29, 1.82) is 0 Å². The van der Waals surface area contributed by atoms with E-state index >= 15 is 0 Å². The lowest BCUT2D eigenvalue weighted by atomic mass is 9.97. The molecule has 2 atom stereocenters. The molecule has 2 unspecified atom stereocenters. The van der Waals surface area contributed by atoms with Crippen LogP contribution in [0, 0.1) is 0 Å². The van der Waals surface area contributed by atoms with Crippen molar-refractivity contribution in [2.75, 3.05) is 0 Å². The van der Waals surface area contributed by atoms with E-state index in [1.807, 2.05) is 0 Å². The molecule has 1 aliphatic heterocycles. The molecule has 1 saturated heterocycles. The molecule has 1 aromatic rings. The van der Waals surface area contributed by atoms with E-state index in [2.05, 4.69) is 41.6 Å². The molecule has 1 spiro atoms. The molecule has 2 aliphatic rings. The molecule has 1 aromatic heterocycles. The van der Waals surface area contributed by atoms with Gasteiger partial charge in [-0.05, 0) is 37.1 Å². The van der Waals surface area contributed by atoms with Gasteiger partial charge in [-0.3, -0.25) is 10.1 Å². The van der Waals surface area contributed by atoms with Gasteiger partial charge in [0.1, 0.15) is 6.17 Å². The highest BCUT2D eigenvalue weighted by Crippen LogP contribution is 2.43. The number of rotatable bonds is 5. The fourth-order valence-electron chi connectivity index (χ4n) is 4.00. The van der Waals surface area contributed by atoms with E-state index in [1.54, 1.807) is 11.3 Å². The Morgan fingerprint density at radius 2 is 2.19 bits per heavy atom. The topological polar surface area (TPSA) is 32.3 Å². The van der Waals surface area contributed by atoms with Gasteiger partial charge in [0.15, 0.2) is 0 Å². The van der Waals surface area contributed by atoms with Crippen LogP contribution in [-0.4, -0.2) is 22.4 Å². The highest BCUT2D eigenvalue weighted by molar-refractivity contribution is 7.10. The standard InChI is InChI=1S/C17H26N2OS/c1-3-8-13(4-2)19-15(14-9-7-12-21-14)18-17(16(19)20)10-5-6-11-17/h7,9,12-13,15,18H,3-6,8,10-11H2,1-2H3. The number of nitrogens with one attached hydrogen (secondary N) is 1. The van der Waals surface area contributed by atoms with Crippen LogP contribution in [0.25, 0.3) is 0 Å². The third-order valence-corrected chi connectivity index (χ3v) is 6.02. The monoisotopic (exact) mass is 306 g/mol. The Hall–Kier alpha value is -0.870. The van der Waals surface area contributed by atoms with E-state index in [1.165, 1.54) is 17.7 Å². The van der Waals surface area contributed by atoms with Gasteiger partial charge in [-0.25, -0.2) is 0 Å². The minimum Gasteiger partial charge on any atom is -0.317 e. The second kappa shape index (κ2) is 6.09. The first kappa shape index (κ1) is 15.0. The summed E-state index contributed by atoms with van der Waals surface area (Å²) in [5.41, 5.74) is -0.268. The van der Waals surface area contributed by atoms with Crippen molar-refractivity contribution < 1.29 is 4.79 Å². The average molecular weight is 306 g/mol. The first-order valence-electron chi connectivity index (χ1n) is 8.35. The molecule has 2 heterocycles. The van der Waals surface area contributed by atoms with E-state index in [4.69, 9.17) is 0 Å². The van der Waals surface area contributed by atoms with E-state index < -0.39 is 0 Å². The maximum absolute atomic E-state index is 13.2. The van der Waals surface area contributed by atoms with Gasteiger partial charge in [0.25, 0.3) is 0 Å². The van der Waals surface area contributed by atoms with Crippen LogP contribution in [0.2, 0.25) is 0 Å². The highest BCUT2D eigenvalue weighted by Gasteiger charge is 2.54. The minimum atomic E-state index is -0.268. The van der Waals surface area contributed by atoms with Crippen molar-refractivity contribution in [3.8, 4) is 0 Å². The van der Waals surface area contributed by atoms with Crippen molar-refractivity contribution >= 4 is 17.2 Å². The lowest BCUT2D eigenvalue weighted by molar-refractivity contribution is -0.135. The molecule has 0 bridgehead atoms. The summed E-state index contributed by atoms with van der Waals surface area (Å²) in [6, 6.07) is 4.61. The van der Waals surface area contributed by atoms with Gasteiger partial charge in [0, 0.05) is 10.9 Å². The zero-order valence-corrected chi connectivity index (χ0v) is 13.9. The van der Waals surface area contributed by atoms with Gasteiger partial charge in [-0.2, -0.15) is 0 Å². The minimum absolute atomic E-state index is 0.0899. The zero-order valence-electron chi connectivity index (χ0n) is 13.1. The summed E-state index contributed by atoms with van der Waals surface area (Å²) in [5.74, 6) is 0.360. The smallest absolute Gasteiger partial charge is 0.244 e. The first-order chi connectivity index (χ1) is 10.2. The summed E-state index contributed by atoms with van der Waals surface area (Å²) < 4.78 is 0. The van der Waals surface area contributed by atoms with Crippen LogP contribution in [0.1, 0.15) is 69.8 Å². The maximum Gasteiger partial charge on any atom is 0.244 e. The van der Waals surface area contributed by atoms with E-state index in [-0.39, 0.29) is 11.7 Å². The average Bonchev–Trinajstić information content (AvgIpc) is 3.21. The molecule has 3 rings (SSSR count). The van der Waals surface area contributed by atoms with Gasteiger partial charge in [-0.15, -0.1) is 11.3 Å². The lowest BCUT2D eigenvalue weighted by Gasteiger charge is -2.32. The summed E-state index contributed by atoms with van der Waals surface area (Å²) in [5, 5.41) is 5.84. The quantitative estimate of drug-likeness (QED) is 0.889. The second-order valence-corrected chi connectivity index (χ2v) is 7.39. The molecule has 0 aromatic carbocycles. The molecule has 1 saturated carbocycles. The van der Waals surface area contributed by atoms with Crippen LogP contribution < -0.4 is 5.32 Å². The van der Waals surface area contributed by atoms with Crippen LogP contribution >= 0.6 is 11.3 Å². The number of thiophene rings is 1. The molecule has 1 amide bonds. The Morgan fingerprint density at radius 1 is 1.43 bits per heavy atom. The maximum atomic E-state index is 13.2. The summed E-state index contributed by atoms with van der Waals surface area (Å²) >= 11 is 1.76. The molecule has 1 N–H and O–H groups in total. The Morgan fingerprint density at radius 3 is 2.76 bits per heavy atom. The summed E-state index contributed by atoms with van der Waals surface area (Å²) in [4.78, 5) is 16.6. The number of carbonyl (C=O) groups is 1. The molecule has 116 valence electrons. The molecule has 21 heavy (non-hydrogen) atoms. The number of nitrogens with zero attached hydrogens (tertiary/aromatic N) is 1. The van der Waals surface area contributed by atoms with Crippen LogP contribution in [0.3, 0.4) is 0 Å². The van der Waals surface area contributed by atoms with Crippen molar-refractivity contribution in [2.24, 2.45) is 0 Å². The molecule has 2 fully saturated rings. The van der Waals surface area contributed by atoms with Crippen LogP contribution in [0.4, 0.5) is 0 Å². The van der Waals surface area contributed by atoms with Crippen molar-refractivity contribution in [3.63, 3.8) is 0 Å². The zero-order chi connectivity index (χ0) is 14.9. The lowest BCUT2D eigenvalue weighted by Crippen LogP contribution is -2.45. The third kappa shape index (κ3) is 2.53. The van der Waals surface area contributed by atoms with Crippen molar-refractivity contribution in [1.82, 2.24) is 10.2 Å². The highest BCUT2D eigenvalue weighted by atomic mass is 32.1. The Bertz CT molecular complexity index is 479. The van der Waals surface area contributed by atoms with E-state index in [9.17, 15) is 4.79 Å². The SMILES string of the molecule is CCCC(CC)N1C(=O)C2(CCCC2)NC1c1cccs1. The van der Waals surface area contributed by atoms with Gasteiger partial charge >= 0.3 is 0 Å². The van der Waals surface area contributed by atoms with Crippen LogP contribution in [0.15, 0.2) is 17.5 Å². The Kier molecular flexibility index (Phi) is 4.36. The Labute approximate surface area is 131 Å². The van der Waals surface area contributed by atoms with E-state index in [0.717, 1.165) is 32.1 Å². The summed E-state index contributed by atoms with van der Waals surface area (Å²) in [6.45, 7) is 4.42. The normalized spacial score (nSPS) is 25.9.